The summed E-state index contributed by atoms with van der Waals surface area (Å²) in [5.41, 5.74) is 4.61. The van der Waals surface area contributed by atoms with E-state index >= 15 is 0 Å². The molecule has 6 nitrogen and oxygen atoms in total. The first kappa shape index (κ1) is 15.8. The second kappa shape index (κ2) is 6.39. The zero-order chi connectivity index (χ0) is 18.2. The van der Waals surface area contributed by atoms with E-state index in [2.05, 4.69) is 31.5 Å². The van der Waals surface area contributed by atoms with Crippen LogP contribution in [0, 0.1) is 6.42 Å². The lowest BCUT2D eigenvalue weighted by atomic mass is 10.1. The summed E-state index contributed by atoms with van der Waals surface area (Å²) in [4.78, 5) is 17.2. The molecule has 27 heavy (non-hydrogen) atoms. The summed E-state index contributed by atoms with van der Waals surface area (Å²) in [6.07, 6.45) is 10.5. The molecule has 1 unspecified atom stereocenters. The lowest BCUT2D eigenvalue weighted by Crippen LogP contribution is -2.26. The fourth-order valence-electron chi connectivity index (χ4n) is 3.28. The molecule has 0 aliphatic heterocycles. The lowest BCUT2D eigenvalue weighted by molar-refractivity contribution is 0.0953. The number of benzene rings is 1. The normalized spacial score (nSPS) is 13.8. The first-order chi connectivity index (χ1) is 13.3. The summed E-state index contributed by atoms with van der Waals surface area (Å²) in [5.74, 6) is -0.0254. The number of fused-ring (bicyclic) bond motifs is 1. The van der Waals surface area contributed by atoms with Gasteiger partial charge in [-0.15, -0.1) is 0 Å². The van der Waals surface area contributed by atoms with E-state index in [1.807, 2.05) is 55.0 Å². The number of pyridine rings is 1. The van der Waals surface area contributed by atoms with Gasteiger partial charge in [-0.05, 0) is 31.0 Å². The van der Waals surface area contributed by atoms with Crippen LogP contribution in [0.1, 0.15) is 22.5 Å². The third kappa shape index (κ3) is 3.10. The highest BCUT2D eigenvalue weighted by atomic mass is 16.1. The van der Waals surface area contributed by atoms with Crippen LogP contribution in [0.25, 0.3) is 22.0 Å². The Bertz CT molecular complexity index is 1090. The van der Waals surface area contributed by atoms with E-state index < -0.39 is 0 Å². The standard InChI is InChI=1S/C21H18N5O/c27-21(25-17-6-7-17)19-3-1-2-14-8-9-26(20(14)19)13-18-5-4-15(10-22-18)16-11-23-24-12-16/h1-6,8-12,17H,7,13H2,(H,23,24)(H,25,27). The van der Waals surface area contributed by atoms with Crippen LogP contribution in [-0.4, -0.2) is 31.7 Å². The fourth-order valence-corrected chi connectivity index (χ4v) is 3.28. The second-order valence-corrected chi connectivity index (χ2v) is 6.76. The minimum Gasteiger partial charge on any atom is -0.349 e. The average Bonchev–Trinajstić information content (AvgIpc) is 3.18. The van der Waals surface area contributed by atoms with Crippen LogP contribution >= 0.6 is 0 Å². The van der Waals surface area contributed by atoms with Crippen molar-refractivity contribution >= 4 is 16.8 Å². The monoisotopic (exact) mass is 356 g/mol. The topological polar surface area (TPSA) is 75.6 Å². The van der Waals surface area contributed by atoms with Gasteiger partial charge in [0.1, 0.15) is 0 Å². The first-order valence-corrected chi connectivity index (χ1v) is 8.94. The van der Waals surface area contributed by atoms with Crippen LogP contribution in [0.15, 0.2) is 61.2 Å². The Hall–Kier alpha value is -3.41. The van der Waals surface area contributed by atoms with Gasteiger partial charge >= 0.3 is 0 Å². The van der Waals surface area contributed by atoms with Gasteiger partial charge in [0.2, 0.25) is 0 Å². The van der Waals surface area contributed by atoms with Gasteiger partial charge < -0.3 is 9.88 Å². The van der Waals surface area contributed by atoms with Crippen molar-refractivity contribution in [3.8, 4) is 11.1 Å². The second-order valence-electron chi connectivity index (χ2n) is 6.76. The molecule has 1 aliphatic carbocycles. The van der Waals surface area contributed by atoms with Crippen LogP contribution < -0.4 is 5.32 Å². The minimum atomic E-state index is -0.0254. The molecule has 6 heteroatoms. The highest BCUT2D eigenvalue weighted by Crippen LogP contribution is 2.24. The van der Waals surface area contributed by atoms with Gasteiger partial charge in [0, 0.05) is 41.1 Å². The summed E-state index contributed by atoms with van der Waals surface area (Å²) in [6, 6.07) is 12.1. The Morgan fingerprint density at radius 2 is 2.11 bits per heavy atom. The number of H-pyrrole nitrogens is 1. The Kier molecular flexibility index (Phi) is 3.74. The zero-order valence-corrected chi connectivity index (χ0v) is 14.6. The summed E-state index contributed by atoms with van der Waals surface area (Å²) in [7, 11) is 0. The molecule has 1 fully saturated rings. The molecule has 3 aromatic heterocycles. The van der Waals surface area contributed by atoms with Gasteiger partial charge in [-0.2, -0.15) is 5.10 Å². The van der Waals surface area contributed by atoms with E-state index in [1.54, 1.807) is 6.20 Å². The van der Waals surface area contributed by atoms with Gasteiger partial charge in [-0.25, -0.2) is 0 Å². The van der Waals surface area contributed by atoms with Gasteiger partial charge in [0.15, 0.2) is 0 Å². The molecule has 5 rings (SSSR count). The van der Waals surface area contributed by atoms with Crippen LogP contribution in [0.3, 0.4) is 0 Å². The Balaban J connectivity index is 1.45. The third-order valence-corrected chi connectivity index (χ3v) is 4.81. The Morgan fingerprint density at radius 1 is 1.19 bits per heavy atom. The smallest absolute Gasteiger partial charge is 0.253 e. The van der Waals surface area contributed by atoms with E-state index in [1.165, 1.54) is 0 Å². The van der Waals surface area contributed by atoms with E-state index in [4.69, 9.17) is 0 Å². The highest BCUT2D eigenvalue weighted by molar-refractivity contribution is 6.06. The summed E-state index contributed by atoms with van der Waals surface area (Å²) in [6.45, 7) is 0.606. The molecule has 1 amide bonds. The number of carbonyl (C=O) groups excluding carboxylic acids is 1. The number of hydrogen-bond acceptors (Lipinski definition) is 3. The maximum Gasteiger partial charge on any atom is 0.253 e. The molecule has 133 valence electrons. The predicted octanol–water partition coefficient (Wildman–Crippen LogP) is 3.18. The molecule has 1 radical (unpaired) electrons. The Labute approximate surface area is 156 Å². The summed E-state index contributed by atoms with van der Waals surface area (Å²) in [5, 5.41) is 10.9. The number of carbonyl (C=O) groups is 1. The molecular formula is C21H18N5O. The van der Waals surface area contributed by atoms with E-state index in [0.29, 0.717) is 12.1 Å². The number of nitrogens with zero attached hydrogens (tertiary/aromatic N) is 3. The van der Waals surface area contributed by atoms with E-state index in [-0.39, 0.29) is 11.9 Å². The van der Waals surface area contributed by atoms with Gasteiger partial charge in [0.05, 0.1) is 29.5 Å². The molecule has 0 saturated heterocycles. The van der Waals surface area contributed by atoms with Gasteiger partial charge in [-0.3, -0.25) is 14.9 Å². The molecule has 1 atom stereocenters. The SMILES string of the molecule is O=C(NC1[CH]C1)c1cccc2ccn(Cc3ccc(-c4cn[nH]c4)cn3)c12. The number of nitrogens with one attached hydrogen (secondary N) is 2. The lowest BCUT2D eigenvalue weighted by Gasteiger charge is -2.10. The number of hydrogen-bond donors (Lipinski definition) is 2. The summed E-state index contributed by atoms with van der Waals surface area (Å²) >= 11 is 0. The molecule has 1 aromatic carbocycles. The Morgan fingerprint density at radius 3 is 2.85 bits per heavy atom. The van der Waals surface area contributed by atoms with Crippen molar-refractivity contribution in [3.63, 3.8) is 0 Å². The number of aromatic nitrogens is 4. The maximum atomic E-state index is 12.6. The van der Waals surface area contributed by atoms with Crippen molar-refractivity contribution in [2.24, 2.45) is 0 Å². The molecular weight excluding hydrogens is 338 g/mol. The molecule has 0 spiro atoms. The number of amides is 1. The van der Waals surface area contributed by atoms with Crippen LogP contribution in [0.2, 0.25) is 0 Å². The largest absolute Gasteiger partial charge is 0.349 e. The first-order valence-electron chi connectivity index (χ1n) is 8.94. The molecule has 3 heterocycles. The predicted molar refractivity (Wildman–Crippen MR) is 103 cm³/mol. The van der Waals surface area contributed by atoms with Crippen LogP contribution in [0.4, 0.5) is 0 Å². The van der Waals surface area contributed by atoms with Crippen LogP contribution in [-0.2, 0) is 6.54 Å². The number of aromatic amines is 1. The molecule has 2 N–H and O–H groups in total. The summed E-state index contributed by atoms with van der Waals surface area (Å²) < 4.78 is 2.08. The number of rotatable bonds is 5. The maximum absolute atomic E-state index is 12.6. The minimum absolute atomic E-state index is 0.0254. The molecule has 1 saturated carbocycles. The van der Waals surface area contributed by atoms with Crippen molar-refractivity contribution in [2.75, 3.05) is 0 Å². The fraction of sp³-hybridized carbons (Fsp3) is 0.143. The van der Waals surface area contributed by atoms with Crippen LogP contribution in [0.5, 0.6) is 0 Å². The quantitative estimate of drug-likeness (QED) is 0.577. The van der Waals surface area contributed by atoms with Gasteiger partial charge in [-0.1, -0.05) is 18.2 Å². The molecule has 0 bridgehead atoms. The zero-order valence-electron chi connectivity index (χ0n) is 14.6. The van der Waals surface area contributed by atoms with Crippen molar-refractivity contribution < 1.29 is 4.79 Å². The van der Waals surface area contributed by atoms with Crippen molar-refractivity contribution in [1.29, 1.82) is 0 Å². The average molecular weight is 356 g/mol. The molecule has 1 aliphatic rings. The highest BCUT2D eigenvalue weighted by Gasteiger charge is 2.25. The molecule has 4 aromatic rings. The number of para-hydroxylation sites is 1. The van der Waals surface area contributed by atoms with Gasteiger partial charge in [0.25, 0.3) is 5.91 Å². The van der Waals surface area contributed by atoms with E-state index in [9.17, 15) is 4.79 Å². The van der Waals surface area contributed by atoms with Crippen molar-refractivity contribution in [3.05, 3.63) is 78.9 Å². The van der Waals surface area contributed by atoms with E-state index in [0.717, 1.165) is 34.1 Å². The van der Waals surface area contributed by atoms with Crippen molar-refractivity contribution in [2.45, 2.75) is 19.0 Å². The van der Waals surface area contributed by atoms with Crippen molar-refractivity contribution in [1.82, 2.24) is 25.1 Å². The third-order valence-electron chi connectivity index (χ3n) is 4.81.